The van der Waals surface area contributed by atoms with Crippen LogP contribution >= 0.6 is 0 Å². The van der Waals surface area contributed by atoms with E-state index in [1.165, 1.54) is 7.11 Å². The van der Waals surface area contributed by atoms with Crippen molar-refractivity contribution < 1.29 is 33.5 Å². The number of methoxy groups -OCH3 is 1. The predicted molar refractivity (Wildman–Crippen MR) is 107 cm³/mol. The molecule has 10 nitrogen and oxygen atoms in total. The van der Waals surface area contributed by atoms with Gasteiger partial charge in [-0.15, -0.1) is 0 Å². The lowest BCUT2D eigenvalue weighted by Crippen LogP contribution is -2.48. The molecule has 1 aliphatic carbocycles. The molecular formula is C20H34N2O8. The molecule has 0 spiro atoms. The van der Waals surface area contributed by atoms with E-state index < -0.39 is 41.1 Å². The second-order valence-corrected chi connectivity index (χ2v) is 8.65. The number of hydrogen-bond donors (Lipinski definition) is 1. The van der Waals surface area contributed by atoms with Crippen LogP contribution in [0.5, 0.6) is 0 Å². The maximum atomic E-state index is 12.4. The smallest absolute Gasteiger partial charge is 0.408 e. The summed E-state index contributed by atoms with van der Waals surface area (Å²) in [6.45, 7) is 6.71. The molecule has 1 rings (SSSR count). The van der Waals surface area contributed by atoms with Gasteiger partial charge in [-0.3, -0.25) is 14.9 Å². The van der Waals surface area contributed by atoms with Crippen LogP contribution in [-0.2, 0) is 23.8 Å². The first-order valence-electron chi connectivity index (χ1n) is 10.3. The van der Waals surface area contributed by atoms with Crippen molar-refractivity contribution in [1.29, 1.82) is 0 Å². The van der Waals surface area contributed by atoms with Crippen LogP contribution in [0.15, 0.2) is 0 Å². The first kappa shape index (κ1) is 25.6. The number of alkyl carbamates (subject to hydrolysis) is 1. The Labute approximate surface area is 177 Å². The standard InChI is InChI=1S/C20H34N2O8/c1-6-29-17(24)15(21-18(25)30-19(2,3)4)12-14(16(23)28-5)13-20(22(26)27)10-8-7-9-11-20/h14-15H,6-13H2,1-5H3,(H,21,25). The Hall–Kier alpha value is -2.39. The molecule has 2 atom stereocenters. The van der Waals surface area contributed by atoms with Crippen molar-refractivity contribution >= 4 is 18.0 Å². The highest BCUT2D eigenvalue weighted by molar-refractivity contribution is 5.82. The molecule has 1 fully saturated rings. The van der Waals surface area contributed by atoms with Crippen LogP contribution < -0.4 is 5.32 Å². The van der Waals surface area contributed by atoms with Gasteiger partial charge in [-0.1, -0.05) is 6.42 Å². The molecule has 0 aliphatic heterocycles. The van der Waals surface area contributed by atoms with Crippen molar-refractivity contribution in [2.24, 2.45) is 5.92 Å². The molecule has 0 aromatic heterocycles. The molecule has 30 heavy (non-hydrogen) atoms. The van der Waals surface area contributed by atoms with Crippen molar-refractivity contribution in [3.05, 3.63) is 10.1 Å². The van der Waals surface area contributed by atoms with Gasteiger partial charge >= 0.3 is 18.0 Å². The maximum Gasteiger partial charge on any atom is 0.408 e. The van der Waals surface area contributed by atoms with Gasteiger partial charge in [0.05, 0.1) is 19.6 Å². The second kappa shape index (κ2) is 11.1. The number of rotatable bonds is 9. The number of ether oxygens (including phenoxy) is 3. The molecule has 1 saturated carbocycles. The average molecular weight is 430 g/mol. The van der Waals surface area contributed by atoms with E-state index in [4.69, 9.17) is 14.2 Å². The number of nitrogens with zero attached hydrogens (tertiary/aromatic N) is 1. The van der Waals surface area contributed by atoms with Gasteiger partial charge in [-0.25, -0.2) is 9.59 Å². The molecule has 1 N–H and O–H groups in total. The number of nitrogens with one attached hydrogen (secondary N) is 1. The maximum absolute atomic E-state index is 12.4. The van der Waals surface area contributed by atoms with Gasteiger partial charge in [-0.2, -0.15) is 0 Å². The normalized spacial score (nSPS) is 17.9. The van der Waals surface area contributed by atoms with Crippen molar-refractivity contribution in [2.45, 2.75) is 89.8 Å². The Morgan fingerprint density at radius 1 is 1.13 bits per heavy atom. The van der Waals surface area contributed by atoms with Gasteiger partial charge in [0.1, 0.15) is 11.6 Å². The Morgan fingerprint density at radius 2 is 1.73 bits per heavy atom. The Morgan fingerprint density at radius 3 is 2.20 bits per heavy atom. The van der Waals surface area contributed by atoms with E-state index in [9.17, 15) is 24.5 Å². The first-order chi connectivity index (χ1) is 13.9. The molecule has 1 amide bonds. The fourth-order valence-electron chi connectivity index (χ4n) is 3.75. The summed E-state index contributed by atoms with van der Waals surface area (Å²) in [5.41, 5.74) is -2.04. The van der Waals surface area contributed by atoms with E-state index in [-0.39, 0.29) is 24.4 Å². The van der Waals surface area contributed by atoms with E-state index >= 15 is 0 Å². The van der Waals surface area contributed by atoms with E-state index in [1.54, 1.807) is 27.7 Å². The molecule has 10 heteroatoms. The molecule has 1 aliphatic rings. The lowest BCUT2D eigenvalue weighted by atomic mass is 9.75. The van der Waals surface area contributed by atoms with Crippen molar-refractivity contribution in [3.63, 3.8) is 0 Å². The number of esters is 2. The zero-order valence-corrected chi connectivity index (χ0v) is 18.5. The number of carbonyl (C=O) groups is 3. The molecule has 0 radical (unpaired) electrons. The number of hydrogen-bond acceptors (Lipinski definition) is 8. The summed E-state index contributed by atoms with van der Waals surface area (Å²) < 4.78 is 15.1. The van der Waals surface area contributed by atoms with Gasteiger partial charge in [0.15, 0.2) is 0 Å². The van der Waals surface area contributed by atoms with E-state index in [0.29, 0.717) is 25.7 Å². The fraction of sp³-hybridized carbons (Fsp3) is 0.850. The highest BCUT2D eigenvalue weighted by atomic mass is 16.6. The Kier molecular flexibility index (Phi) is 9.51. The SMILES string of the molecule is CCOC(=O)C(CC(CC1([N+](=O)[O-])CCCCC1)C(=O)OC)NC(=O)OC(C)(C)C. The second-order valence-electron chi connectivity index (χ2n) is 8.65. The molecule has 0 aromatic carbocycles. The minimum atomic E-state index is -1.25. The van der Waals surface area contributed by atoms with Gasteiger partial charge in [0.2, 0.25) is 5.54 Å². The third-order valence-corrected chi connectivity index (χ3v) is 5.11. The largest absolute Gasteiger partial charge is 0.469 e. The van der Waals surface area contributed by atoms with Gasteiger partial charge in [0, 0.05) is 24.2 Å². The lowest BCUT2D eigenvalue weighted by Gasteiger charge is -2.32. The fourth-order valence-corrected chi connectivity index (χ4v) is 3.75. The summed E-state index contributed by atoms with van der Waals surface area (Å²) in [4.78, 5) is 48.6. The van der Waals surface area contributed by atoms with Crippen molar-refractivity contribution in [3.8, 4) is 0 Å². The van der Waals surface area contributed by atoms with E-state index in [2.05, 4.69) is 5.32 Å². The van der Waals surface area contributed by atoms with E-state index in [0.717, 1.165) is 6.42 Å². The van der Waals surface area contributed by atoms with Crippen LogP contribution in [0, 0.1) is 16.0 Å². The van der Waals surface area contributed by atoms with Gasteiger partial charge in [0.25, 0.3) is 0 Å². The zero-order chi connectivity index (χ0) is 22.9. The summed E-state index contributed by atoms with van der Waals surface area (Å²) in [5, 5.41) is 14.3. The highest BCUT2D eigenvalue weighted by Crippen LogP contribution is 2.37. The number of nitro groups is 1. The van der Waals surface area contributed by atoms with E-state index in [1.807, 2.05) is 0 Å². The third kappa shape index (κ3) is 7.79. The van der Waals surface area contributed by atoms with Gasteiger partial charge in [-0.05, 0) is 47.0 Å². The quantitative estimate of drug-likeness (QED) is 0.255. The third-order valence-electron chi connectivity index (χ3n) is 5.11. The van der Waals surface area contributed by atoms with Crippen LogP contribution in [0.4, 0.5) is 4.79 Å². The molecule has 0 bridgehead atoms. The number of amides is 1. The molecule has 0 aromatic rings. The summed E-state index contributed by atoms with van der Waals surface area (Å²) >= 11 is 0. The minimum Gasteiger partial charge on any atom is -0.469 e. The summed E-state index contributed by atoms with van der Waals surface area (Å²) in [7, 11) is 1.19. The molecule has 0 saturated heterocycles. The molecule has 172 valence electrons. The first-order valence-corrected chi connectivity index (χ1v) is 10.3. The Bertz CT molecular complexity index is 623. The zero-order valence-electron chi connectivity index (χ0n) is 18.5. The van der Waals surface area contributed by atoms with Crippen LogP contribution in [-0.4, -0.2) is 53.9 Å². The van der Waals surface area contributed by atoms with Crippen molar-refractivity contribution in [1.82, 2.24) is 5.32 Å². The monoisotopic (exact) mass is 430 g/mol. The Balaban J connectivity index is 3.07. The molecular weight excluding hydrogens is 396 g/mol. The minimum absolute atomic E-state index is 0.0709. The van der Waals surface area contributed by atoms with Gasteiger partial charge < -0.3 is 19.5 Å². The topological polar surface area (TPSA) is 134 Å². The summed E-state index contributed by atoms with van der Waals surface area (Å²) in [6.07, 6.45) is 1.93. The molecule has 0 heterocycles. The van der Waals surface area contributed by atoms with Crippen LogP contribution in [0.1, 0.15) is 72.6 Å². The highest BCUT2D eigenvalue weighted by Gasteiger charge is 2.48. The molecule has 2 unspecified atom stereocenters. The predicted octanol–water partition coefficient (Wildman–Crippen LogP) is 2.99. The number of carbonyl (C=O) groups excluding carboxylic acids is 3. The summed E-state index contributed by atoms with van der Waals surface area (Å²) in [6, 6.07) is -1.20. The van der Waals surface area contributed by atoms with Crippen LogP contribution in [0.3, 0.4) is 0 Å². The average Bonchev–Trinajstić information content (AvgIpc) is 2.65. The summed E-state index contributed by atoms with van der Waals surface area (Å²) in [5.74, 6) is -2.36. The lowest BCUT2D eigenvalue weighted by molar-refractivity contribution is -0.577. The van der Waals surface area contributed by atoms with Crippen molar-refractivity contribution in [2.75, 3.05) is 13.7 Å². The van der Waals surface area contributed by atoms with Crippen LogP contribution in [0.2, 0.25) is 0 Å². The van der Waals surface area contributed by atoms with Crippen LogP contribution in [0.25, 0.3) is 0 Å².